The molecule has 3 amide bonds. The normalized spacial score (nSPS) is 18.3. The van der Waals surface area contributed by atoms with Crippen molar-refractivity contribution in [3.63, 3.8) is 0 Å². The van der Waals surface area contributed by atoms with Crippen LogP contribution in [0.5, 0.6) is 5.75 Å². The Morgan fingerprint density at radius 3 is 2.69 bits per heavy atom. The minimum Gasteiger partial charge on any atom is -0.488 e. The number of carbonyl (C=O) groups excluding carboxylic acids is 2. The van der Waals surface area contributed by atoms with Gasteiger partial charge in [0.15, 0.2) is 0 Å². The monoisotopic (exact) mass is 401 g/mol. The lowest BCUT2D eigenvalue weighted by Gasteiger charge is -2.24. The number of hydrogen-bond acceptors (Lipinski definition) is 4. The van der Waals surface area contributed by atoms with Crippen molar-refractivity contribution in [1.82, 2.24) is 10.2 Å². The molecule has 2 aromatic rings. The predicted octanol–water partition coefficient (Wildman–Crippen LogP) is 2.64. The highest BCUT2D eigenvalue weighted by Crippen LogP contribution is 2.24. The van der Waals surface area contributed by atoms with Crippen LogP contribution in [0.4, 0.5) is 14.9 Å². The minimum absolute atomic E-state index is 0.235. The molecule has 2 N–H and O–H groups in total. The molecule has 1 saturated heterocycles. The minimum atomic E-state index is -0.700. The van der Waals surface area contributed by atoms with Gasteiger partial charge in [0.1, 0.15) is 23.7 Å². The first kappa shape index (κ1) is 20.6. The van der Waals surface area contributed by atoms with Crippen LogP contribution in [0.15, 0.2) is 54.6 Å². The number of benzene rings is 2. The number of methoxy groups -OCH3 is 1. The van der Waals surface area contributed by atoms with E-state index < -0.39 is 17.9 Å². The molecule has 0 radical (unpaired) electrons. The zero-order valence-corrected chi connectivity index (χ0v) is 16.1. The van der Waals surface area contributed by atoms with Crippen molar-refractivity contribution in [3.05, 3.63) is 60.4 Å². The topological polar surface area (TPSA) is 79.9 Å². The molecule has 29 heavy (non-hydrogen) atoms. The van der Waals surface area contributed by atoms with Crippen molar-refractivity contribution in [3.8, 4) is 5.75 Å². The van der Waals surface area contributed by atoms with Crippen molar-refractivity contribution in [2.45, 2.75) is 18.6 Å². The molecule has 0 aliphatic carbocycles. The van der Waals surface area contributed by atoms with E-state index in [4.69, 9.17) is 9.47 Å². The first-order valence-corrected chi connectivity index (χ1v) is 9.38. The van der Waals surface area contributed by atoms with E-state index in [1.54, 1.807) is 13.2 Å². The van der Waals surface area contributed by atoms with Gasteiger partial charge in [-0.25, -0.2) is 9.18 Å². The second kappa shape index (κ2) is 9.88. The summed E-state index contributed by atoms with van der Waals surface area (Å²) >= 11 is 0. The van der Waals surface area contributed by atoms with Gasteiger partial charge < -0.3 is 25.0 Å². The summed E-state index contributed by atoms with van der Waals surface area (Å²) in [5.41, 5.74) is 0.320. The van der Waals surface area contributed by atoms with Crippen LogP contribution in [0, 0.1) is 5.82 Å². The first-order valence-electron chi connectivity index (χ1n) is 9.38. The highest BCUT2D eigenvalue weighted by molar-refractivity contribution is 5.94. The fraction of sp³-hybridized carbons (Fsp3) is 0.333. The maximum atomic E-state index is 13.4. The molecule has 3 rings (SSSR count). The molecule has 8 heteroatoms. The van der Waals surface area contributed by atoms with Crippen LogP contribution in [0.1, 0.15) is 6.42 Å². The van der Waals surface area contributed by atoms with Gasteiger partial charge in [-0.2, -0.15) is 0 Å². The Balaban J connectivity index is 1.70. The molecule has 0 aromatic heterocycles. The summed E-state index contributed by atoms with van der Waals surface area (Å²) in [4.78, 5) is 26.9. The van der Waals surface area contributed by atoms with Gasteiger partial charge in [-0.1, -0.05) is 24.3 Å². The fourth-order valence-electron chi connectivity index (χ4n) is 3.20. The molecule has 1 fully saturated rings. The predicted molar refractivity (Wildman–Crippen MR) is 106 cm³/mol. The lowest BCUT2D eigenvalue weighted by Crippen LogP contribution is -2.48. The Bertz CT molecular complexity index is 834. The van der Waals surface area contributed by atoms with E-state index in [-0.39, 0.29) is 18.6 Å². The fourth-order valence-corrected chi connectivity index (χ4v) is 3.20. The van der Waals surface area contributed by atoms with Crippen LogP contribution in [-0.4, -0.2) is 55.8 Å². The number of carbonyl (C=O) groups is 2. The average molecular weight is 401 g/mol. The average Bonchev–Trinajstić information content (AvgIpc) is 3.13. The van der Waals surface area contributed by atoms with E-state index in [2.05, 4.69) is 10.6 Å². The summed E-state index contributed by atoms with van der Waals surface area (Å²) in [6.45, 7) is 0.950. The number of nitrogens with one attached hydrogen (secondary N) is 2. The van der Waals surface area contributed by atoms with E-state index in [1.165, 1.54) is 23.1 Å². The summed E-state index contributed by atoms with van der Waals surface area (Å²) in [6, 6.07) is 13.7. The summed E-state index contributed by atoms with van der Waals surface area (Å²) < 4.78 is 24.3. The van der Waals surface area contributed by atoms with E-state index >= 15 is 0 Å². The molecular formula is C21H24FN3O4. The third-order valence-corrected chi connectivity index (χ3v) is 4.55. The van der Waals surface area contributed by atoms with Crippen LogP contribution in [0.3, 0.4) is 0 Å². The Morgan fingerprint density at radius 1 is 1.17 bits per heavy atom. The molecule has 0 saturated carbocycles. The number of anilines is 1. The zero-order valence-electron chi connectivity index (χ0n) is 16.1. The number of para-hydroxylation sites is 1. The summed E-state index contributed by atoms with van der Waals surface area (Å²) in [5.74, 6) is -0.0672. The smallest absolute Gasteiger partial charge is 0.322 e. The lowest BCUT2D eigenvalue weighted by atomic mass is 10.2. The summed E-state index contributed by atoms with van der Waals surface area (Å²) in [7, 11) is 1.55. The zero-order chi connectivity index (χ0) is 20.6. The molecular weight excluding hydrogens is 377 g/mol. The SMILES string of the molecule is COCCNC(=O)[C@H]1C[C@H](Oc2ccccc2)CN1C(=O)Nc1cccc(F)c1. The van der Waals surface area contributed by atoms with Gasteiger partial charge in [0.05, 0.1) is 13.2 Å². The van der Waals surface area contributed by atoms with Crippen LogP contribution in [-0.2, 0) is 9.53 Å². The number of urea groups is 1. The van der Waals surface area contributed by atoms with Crippen molar-refractivity contribution in [2.24, 2.45) is 0 Å². The molecule has 0 bridgehead atoms. The van der Waals surface area contributed by atoms with Crippen LogP contribution in [0.25, 0.3) is 0 Å². The maximum absolute atomic E-state index is 13.4. The second-order valence-electron chi connectivity index (χ2n) is 6.68. The Hall–Kier alpha value is -3.13. The first-order chi connectivity index (χ1) is 14.1. The molecule has 0 spiro atoms. The third-order valence-electron chi connectivity index (χ3n) is 4.55. The van der Waals surface area contributed by atoms with Gasteiger partial charge in [-0.05, 0) is 30.3 Å². The highest BCUT2D eigenvalue weighted by Gasteiger charge is 2.40. The molecule has 154 valence electrons. The van der Waals surface area contributed by atoms with Gasteiger partial charge >= 0.3 is 6.03 Å². The maximum Gasteiger partial charge on any atom is 0.322 e. The van der Waals surface area contributed by atoms with Crippen LogP contribution >= 0.6 is 0 Å². The van der Waals surface area contributed by atoms with Crippen molar-refractivity contribution >= 4 is 17.6 Å². The second-order valence-corrected chi connectivity index (χ2v) is 6.68. The van der Waals surface area contributed by atoms with E-state index in [9.17, 15) is 14.0 Å². The van der Waals surface area contributed by atoms with Gasteiger partial charge in [0, 0.05) is 25.8 Å². The standard InChI is InChI=1S/C21H24FN3O4/c1-28-11-10-23-20(26)19-13-18(29-17-8-3-2-4-9-17)14-25(19)21(27)24-16-7-5-6-15(22)12-16/h2-9,12,18-19H,10-11,13-14H2,1H3,(H,23,26)(H,24,27)/t18-,19+/m0/s1. The van der Waals surface area contributed by atoms with Gasteiger partial charge in [-0.3, -0.25) is 4.79 Å². The number of amides is 3. The lowest BCUT2D eigenvalue weighted by molar-refractivity contribution is -0.124. The molecule has 1 heterocycles. The van der Waals surface area contributed by atoms with Gasteiger partial charge in [0.25, 0.3) is 0 Å². The number of likely N-dealkylation sites (tertiary alicyclic amines) is 1. The molecule has 1 aliphatic rings. The van der Waals surface area contributed by atoms with Gasteiger partial charge in [0.2, 0.25) is 5.91 Å². The largest absolute Gasteiger partial charge is 0.488 e. The van der Waals surface area contributed by atoms with Gasteiger partial charge in [-0.15, -0.1) is 0 Å². The summed E-state index contributed by atoms with van der Waals surface area (Å²) in [5, 5.41) is 5.41. The molecule has 2 atom stereocenters. The molecule has 0 unspecified atom stereocenters. The number of ether oxygens (including phenoxy) is 2. The van der Waals surface area contributed by atoms with Crippen LogP contribution in [0.2, 0.25) is 0 Å². The quantitative estimate of drug-likeness (QED) is 0.699. The molecule has 2 aromatic carbocycles. The number of halogens is 1. The van der Waals surface area contributed by atoms with Crippen molar-refractivity contribution < 1.29 is 23.5 Å². The van der Waals surface area contributed by atoms with E-state index in [0.717, 1.165) is 0 Å². The van der Waals surface area contributed by atoms with Crippen molar-refractivity contribution in [1.29, 1.82) is 0 Å². The number of rotatable bonds is 7. The molecule has 1 aliphatic heterocycles. The van der Waals surface area contributed by atoms with E-state index in [0.29, 0.717) is 31.0 Å². The van der Waals surface area contributed by atoms with E-state index in [1.807, 2.05) is 30.3 Å². The Morgan fingerprint density at radius 2 is 1.97 bits per heavy atom. The van der Waals surface area contributed by atoms with Crippen LogP contribution < -0.4 is 15.4 Å². The Labute approximate surface area is 168 Å². The highest BCUT2D eigenvalue weighted by atomic mass is 19.1. The number of hydrogen-bond donors (Lipinski definition) is 2. The third kappa shape index (κ3) is 5.68. The number of nitrogens with zero attached hydrogens (tertiary/aromatic N) is 1. The Kier molecular flexibility index (Phi) is 7.02. The van der Waals surface area contributed by atoms with Crippen molar-refractivity contribution in [2.75, 3.05) is 32.1 Å². The molecule has 7 nitrogen and oxygen atoms in total. The summed E-state index contributed by atoms with van der Waals surface area (Å²) in [6.07, 6.45) is 0.0124.